The van der Waals surface area contributed by atoms with Crippen molar-refractivity contribution in [1.82, 2.24) is 15.6 Å². The minimum Gasteiger partial charge on any atom is -0.313 e. The van der Waals surface area contributed by atoms with Crippen LogP contribution in [0.15, 0.2) is 24.5 Å². The van der Waals surface area contributed by atoms with Crippen molar-refractivity contribution in [3.8, 4) is 0 Å². The van der Waals surface area contributed by atoms with Gasteiger partial charge in [-0.15, -0.1) is 0 Å². The molecule has 1 unspecified atom stereocenters. The molecule has 1 fully saturated rings. The third-order valence-corrected chi connectivity index (χ3v) is 4.15. The van der Waals surface area contributed by atoms with Crippen molar-refractivity contribution in [2.75, 3.05) is 13.1 Å². The van der Waals surface area contributed by atoms with E-state index in [0.29, 0.717) is 6.04 Å². The van der Waals surface area contributed by atoms with E-state index in [0.717, 1.165) is 13.1 Å². The van der Waals surface area contributed by atoms with E-state index in [1.165, 1.54) is 18.4 Å². The molecular weight excluding hydrogens is 234 g/mol. The standard InChI is InChI=1S/C16H27N3/c1-15(2,13-5-8-17-9-6-13)12-18-14-7-10-19-16(3,4)11-14/h5-6,8-9,14,18-19H,7,10-12H2,1-4H3. The van der Waals surface area contributed by atoms with Crippen LogP contribution in [0.4, 0.5) is 0 Å². The van der Waals surface area contributed by atoms with Gasteiger partial charge in [-0.05, 0) is 50.9 Å². The molecule has 0 radical (unpaired) electrons. The molecule has 0 saturated carbocycles. The molecule has 0 aliphatic carbocycles. The van der Waals surface area contributed by atoms with Crippen LogP contribution in [-0.2, 0) is 5.41 Å². The summed E-state index contributed by atoms with van der Waals surface area (Å²) in [4.78, 5) is 4.10. The maximum Gasteiger partial charge on any atom is 0.0270 e. The van der Waals surface area contributed by atoms with E-state index in [1.54, 1.807) is 0 Å². The second-order valence-electron chi connectivity index (χ2n) is 7.00. The molecule has 2 rings (SSSR count). The Hall–Kier alpha value is -0.930. The molecule has 1 atom stereocenters. The second-order valence-corrected chi connectivity index (χ2v) is 7.00. The molecule has 1 aliphatic heterocycles. The average molecular weight is 261 g/mol. The van der Waals surface area contributed by atoms with Gasteiger partial charge in [0.15, 0.2) is 0 Å². The van der Waals surface area contributed by atoms with Gasteiger partial charge in [0.05, 0.1) is 0 Å². The second kappa shape index (κ2) is 5.59. The minimum atomic E-state index is 0.151. The molecular formula is C16H27N3. The first-order valence-corrected chi connectivity index (χ1v) is 7.28. The van der Waals surface area contributed by atoms with E-state index in [-0.39, 0.29) is 11.0 Å². The monoisotopic (exact) mass is 261 g/mol. The van der Waals surface area contributed by atoms with Crippen molar-refractivity contribution in [2.45, 2.75) is 57.5 Å². The molecule has 3 nitrogen and oxygen atoms in total. The predicted octanol–water partition coefficient (Wildman–Crippen LogP) is 2.48. The van der Waals surface area contributed by atoms with Crippen molar-refractivity contribution in [3.63, 3.8) is 0 Å². The third kappa shape index (κ3) is 4.02. The van der Waals surface area contributed by atoms with Crippen LogP contribution in [0, 0.1) is 0 Å². The Bertz CT molecular complexity index is 398. The largest absolute Gasteiger partial charge is 0.313 e. The SMILES string of the molecule is CC1(C)CC(NCC(C)(C)c2ccncc2)CCN1. The van der Waals surface area contributed by atoms with Crippen LogP contribution in [0.5, 0.6) is 0 Å². The first-order valence-electron chi connectivity index (χ1n) is 7.28. The summed E-state index contributed by atoms with van der Waals surface area (Å²) in [6.45, 7) is 11.3. The third-order valence-electron chi connectivity index (χ3n) is 4.15. The summed E-state index contributed by atoms with van der Waals surface area (Å²) in [6.07, 6.45) is 6.17. The fraction of sp³-hybridized carbons (Fsp3) is 0.688. The van der Waals surface area contributed by atoms with E-state index >= 15 is 0 Å². The molecule has 3 heteroatoms. The van der Waals surface area contributed by atoms with Gasteiger partial charge in [0.1, 0.15) is 0 Å². The number of aromatic nitrogens is 1. The predicted molar refractivity (Wildman–Crippen MR) is 80.4 cm³/mol. The van der Waals surface area contributed by atoms with Crippen molar-refractivity contribution in [2.24, 2.45) is 0 Å². The van der Waals surface area contributed by atoms with Crippen LogP contribution in [0.25, 0.3) is 0 Å². The van der Waals surface area contributed by atoms with Crippen LogP contribution >= 0.6 is 0 Å². The Morgan fingerprint density at radius 3 is 2.68 bits per heavy atom. The summed E-state index contributed by atoms with van der Waals surface area (Å²) in [6, 6.07) is 4.86. The van der Waals surface area contributed by atoms with E-state index in [4.69, 9.17) is 0 Å². The van der Waals surface area contributed by atoms with E-state index in [9.17, 15) is 0 Å². The number of nitrogens with zero attached hydrogens (tertiary/aromatic N) is 1. The highest BCUT2D eigenvalue weighted by atomic mass is 15.0. The van der Waals surface area contributed by atoms with Gasteiger partial charge < -0.3 is 10.6 Å². The lowest BCUT2D eigenvalue weighted by Crippen LogP contribution is -2.53. The fourth-order valence-electron chi connectivity index (χ4n) is 2.85. The van der Waals surface area contributed by atoms with Crippen molar-refractivity contribution in [3.05, 3.63) is 30.1 Å². The number of hydrogen-bond acceptors (Lipinski definition) is 3. The first kappa shape index (κ1) is 14.5. The lowest BCUT2D eigenvalue weighted by atomic mass is 9.83. The normalized spacial score (nSPS) is 23.3. The van der Waals surface area contributed by atoms with E-state index < -0.39 is 0 Å². The highest BCUT2D eigenvalue weighted by molar-refractivity contribution is 5.21. The highest BCUT2D eigenvalue weighted by Gasteiger charge is 2.29. The smallest absolute Gasteiger partial charge is 0.0270 e. The molecule has 0 aromatic carbocycles. The summed E-state index contributed by atoms with van der Waals surface area (Å²) < 4.78 is 0. The van der Waals surface area contributed by atoms with Crippen LogP contribution in [0.1, 0.15) is 46.1 Å². The lowest BCUT2D eigenvalue weighted by Gasteiger charge is -2.38. The van der Waals surface area contributed by atoms with Crippen molar-refractivity contribution < 1.29 is 0 Å². The molecule has 106 valence electrons. The van der Waals surface area contributed by atoms with Gasteiger partial charge >= 0.3 is 0 Å². The molecule has 0 amide bonds. The Morgan fingerprint density at radius 1 is 1.37 bits per heavy atom. The van der Waals surface area contributed by atoms with E-state index in [1.807, 2.05) is 12.4 Å². The Morgan fingerprint density at radius 2 is 2.05 bits per heavy atom. The maximum atomic E-state index is 4.10. The molecule has 1 saturated heterocycles. The van der Waals surface area contributed by atoms with Gasteiger partial charge in [-0.1, -0.05) is 13.8 Å². The summed E-state index contributed by atoms with van der Waals surface area (Å²) >= 11 is 0. The van der Waals surface area contributed by atoms with Crippen LogP contribution < -0.4 is 10.6 Å². The Balaban J connectivity index is 1.91. The molecule has 2 heterocycles. The molecule has 2 N–H and O–H groups in total. The average Bonchev–Trinajstić information content (AvgIpc) is 2.37. The molecule has 1 aromatic rings. The van der Waals surface area contributed by atoms with E-state index in [2.05, 4.69) is 55.4 Å². The van der Waals surface area contributed by atoms with Gasteiger partial charge in [-0.25, -0.2) is 0 Å². The molecule has 1 aromatic heterocycles. The van der Waals surface area contributed by atoms with Gasteiger partial charge in [-0.3, -0.25) is 4.98 Å². The summed E-state index contributed by atoms with van der Waals surface area (Å²) in [5, 5.41) is 7.32. The fourth-order valence-corrected chi connectivity index (χ4v) is 2.85. The molecule has 0 spiro atoms. The van der Waals surface area contributed by atoms with Gasteiger partial charge in [-0.2, -0.15) is 0 Å². The first-order chi connectivity index (χ1) is 8.89. The number of pyridine rings is 1. The topological polar surface area (TPSA) is 37.0 Å². The quantitative estimate of drug-likeness (QED) is 0.874. The highest BCUT2D eigenvalue weighted by Crippen LogP contribution is 2.23. The summed E-state index contributed by atoms with van der Waals surface area (Å²) in [5.41, 5.74) is 1.76. The summed E-state index contributed by atoms with van der Waals surface area (Å²) in [5.74, 6) is 0. The maximum absolute atomic E-state index is 4.10. The zero-order valence-corrected chi connectivity index (χ0v) is 12.7. The lowest BCUT2D eigenvalue weighted by molar-refractivity contribution is 0.240. The van der Waals surface area contributed by atoms with Crippen LogP contribution in [-0.4, -0.2) is 29.7 Å². The number of rotatable bonds is 4. The number of nitrogens with one attached hydrogen (secondary N) is 2. The van der Waals surface area contributed by atoms with Crippen molar-refractivity contribution in [1.29, 1.82) is 0 Å². The zero-order chi connectivity index (χ0) is 13.9. The van der Waals surface area contributed by atoms with Gasteiger partial charge in [0.25, 0.3) is 0 Å². The molecule has 1 aliphatic rings. The minimum absolute atomic E-state index is 0.151. The van der Waals surface area contributed by atoms with Crippen LogP contribution in [0.2, 0.25) is 0 Å². The summed E-state index contributed by atoms with van der Waals surface area (Å²) in [7, 11) is 0. The molecule has 19 heavy (non-hydrogen) atoms. The van der Waals surface area contributed by atoms with Gasteiger partial charge in [0, 0.05) is 35.9 Å². The Labute approximate surface area is 117 Å². The molecule has 0 bridgehead atoms. The number of piperidine rings is 1. The van der Waals surface area contributed by atoms with Gasteiger partial charge in [0.2, 0.25) is 0 Å². The van der Waals surface area contributed by atoms with Crippen molar-refractivity contribution >= 4 is 0 Å². The number of hydrogen-bond donors (Lipinski definition) is 2. The zero-order valence-electron chi connectivity index (χ0n) is 12.7. The van der Waals surface area contributed by atoms with Crippen LogP contribution in [0.3, 0.4) is 0 Å². The Kier molecular flexibility index (Phi) is 4.26.